The van der Waals surface area contributed by atoms with Crippen LogP contribution in [0.5, 0.6) is 17.2 Å². The van der Waals surface area contributed by atoms with Crippen molar-refractivity contribution in [2.45, 2.75) is 11.2 Å². The molecule has 0 aliphatic carbocycles. The standard InChI is InChI=1S/C26H24ClIN2O4S2/c1-32-23-13-17(12-22(28)25(23)34-15-19-4-2-3-5-21(19)27)14-29-30-24(31)16-33-20-8-6-18(7-9-20)26-35-10-11-36-26/h2-9,12-14,26H,10-11,15-16H2,1H3,(H,30,31)/b29-14-. The quantitative estimate of drug-likeness (QED) is 0.152. The minimum Gasteiger partial charge on any atom is -0.493 e. The van der Waals surface area contributed by atoms with Crippen LogP contribution in [0.25, 0.3) is 0 Å². The maximum atomic E-state index is 12.2. The number of carbonyl (C=O) groups excluding carboxylic acids is 1. The van der Waals surface area contributed by atoms with Crippen LogP contribution in [-0.2, 0) is 11.4 Å². The van der Waals surface area contributed by atoms with Gasteiger partial charge in [-0.05, 0) is 64.0 Å². The largest absolute Gasteiger partial charge is 0.493 e. The second-order valence-corrected chi connectivity index (χ2v) is 11.9. The Hall–Kier alpha value is -2.08. The number of nitrogens with zero attached hydrogens (tertiary/aromatic N) is 1. The highest BCUT2D eigenvalue weighted by Gasteiger charge is 2.18. The van der Waals surface area contributed by atoms with Crippen LogP contribution in [-0.4, -0.2) is 37.3 Å². The van der Waals surface area contributed by atoms with Crippen molar-refractivity contribution in [3.05, 3.63) is 85.9 Å². The first-order chi connectivity index (χ1) is 17.5. The third-order valence-electron chi connectivity index (χ3n) is 5.13. The van der Waals surface area contributed by atoms with Crippen molar-refractivity contribution in [3.8, 4) is 17.2 Å². The molecule has 0 saturated carbocycles. The Morgan fingerprint density at radius 1 is 1.14 bits per heavy atom. The lowest BCUT2D eigenvalue weighted by atomic mass is 10.2. The summed E-state index contributed by atoms with van der Waals surface area (Å²) in [6.45, 7) is 0.191. The summed E-state index contributed by atoms with van der Waals surface area (Å²) < 4.78 is 18.4. The van der Waals surface area contributed by atoms with Crippen LogP contribution in [0.4, 0.5) is 0 Å². The molecule has 0 unspecified atom stereocenters. The summed E-state index contributed by atoms with van der Waals surface area (Å²) in [4.78, 5) is 12.2. The topological polar surface area (TPSA) is 69.2 Å². The lowest BCUT2D eigenvalue weighted by Crippen LogP contribution is -2.24. The average Bonchev–Trinajstić information content (AvgIpc) is 3.43. The first kappa shape index (κ1) is 27.0. The van der Waals surface area contributed by atoms with Gasteiger partial charge in [-0.2, -0.15) is 5.10 Å². The molecular weight excluding hydrogens is 631 g/mol. The molecule has 0 bridgehead atoms. The third kappa shape index (κ3) is 7.47. The van der Waals surface area contributed by atoms with Gasteiger partial charge in [0.15, 0.2) is 18.1 Å². The van der Waals surface area contributed by atoms with E-state index in [1.807, 2.05) is 66.0 Å². The fourth-order valence-corrected chi connectivity index (χ4v) is 7.18. The monoisotopic (exact) mass is 654 g/mol. The van der Waals surface area contributed by atoms with E-state index in [1.165, 1.54) is 17.1 Å². The van der Waals surface area contributed by atoms with Gasteiger partial charge in [0.2, 0.25) is 0 Å². The summed E-state index contributed by atoms with van der Waals surface area (Å²) in [5, 5.41) is 4.69. The Labute approximate surface area is 237 Å². The van der Waals surface area contributed by atoms with Gasteiger partial charge in [0.25, 0.3) is 5.91 Å². The minimum atomic E-state index is -0.349. The number of hydrogen-bond acceptors (Lipinski definition) is 7. The number of nitrogens with one attached hydrogen (secondary N) is 1. The summed E-state index contributed by atoms with van der Waals surface area (Å²) in [5.41, 5.74) is 5.40. The Morgan fingerprint density at radius 3 is 2.61 bits per heavy atom. The maximum absolute atomic E-state index is 12.2. The third-order valence-corrected chi connectivity index (χ3v) is 9.40. The molecule has 0 aromatic heterocycles. The van der Waals surface area contributed by atoms with E-state index in [4.69, 9.17) is 25.8 Å². The highest BCUT2D eigenvalue weighted by molar-refractivity contribution is 14.1. The molecule has 188 valence electrons. The summed E-state index contributed by atoms with van der Waals surface area (Å²) in [6.07, 6.45) is 1.55. The van der Waals surface area contributed by atoms with Crippen LogP contribution in [0.2, 0.25) is 5.02 Å². The van der Waals surface area contributed by atoms with Crippen LogP contribution in [0.15, 0.2) is 65.8 Å². The molecule has 0 radical (unpaired) electrons. The van der Waals surface area contributed by atoms with E-state index in [2.05, 4.69) is 45.3 Å². The smallest absolute Gasteiger partial charge is 0.277 e. The molecule has 1 saturated heterocycles. The zero-order chi connectivity index (χ0) is 25.3. The van der Waals surface area contributed by atoms with Gasteiger partial charge in [-0.1, -0.05) is 41.9 Å². The first-order valence-electron chi connectivity index (χ1n) is 11.0. The van der Waals surface area contributed by atoms with Gasteiger partial charge in [0, 0.05) is 22.1 Å². The number of ether oxygens (including phenoxy) is 3. The Bertz CT molecular complexity index is 1220. The molecule has 1 aliphatic heterocycles. The summed E-state index contributed by atoms with van der Waals surface area (Å²) in [6, 6.07) is 19.1. The molecule has 10 heteroatoms. The van der Waals surface area contributed by atoms with Crippen LogP contribution in [0.1, 0.15) is 21.3 Å². The number of hydrazone groups is 1. The molecule has 1 N–H and O–H groups in total. The van der Waals surface area contributed by atoms with E-state index in [0.29, 0.717) is 33.5 Å². The van der Waals surface area contributed by atoms with Crippen LogP contribution in [0, 0.1) is 3.57 Å². The highest BCUT2D eigenvalue weighted by atomic mass is 127. The number of hydrogen-bond donors (Lipinski definition) is 1. The van der Waals surface area contributed by atoms with E-state index < -0.39 is 0 Å². The molecule has 3 aromatic rings. The van der Waals surface area contributed by atoms with Gasteiger partial charge < -0.3 is 14.2 Å². The van der Waals surface area contributed by atoms with E-state index in [-0.39, 0.29) is 12.5 Å². The normalized spacial score (nSPS) is 13.6. The van der Waals surface area contributed by atoms with Crippen molar-refractivity contribution in [3.63, 3.8) is 0 Å². The van der Waals surface area contributed by atoms with Crippen LogP contribution >= 0.6 is 57.7 Å². The van der Waals surface area contributed by atoms with E-state index in [9.17, 15) is 4.79 Å². The SMILES string of the molecule is COc1cc(/C=N\NC(=O)COc2ccc(C3SCCS3)cc2)cc(I)c1OCc1ccccc1Cl. The molecule has 1 fully saturated rings. The second-order valence-electron chi connectivity index (χ2n) is 7.64. The first-order valence-corrected chi connectivity index (χ1v) is 14.6. The van der Waals surface area contributed by atoms with Gasteiger partial charge in [-0.15, -0.1) is 23.5 Å². The van der Waals surface area contributed by atoms with Crippen LogP contribution in [0.3, 0.4) is 0 Å². The van der Waals surface area contributed by atoms with E-state index in [0.717, 1.165) is 14.7 Å². The zero-order valence-electron chi connectivity index (χ0n) is 19.4. The zero-order valence-corrected chi connectivity index (χ0v) is 24.0. The number of thioether (sulfide) groups is 2. The van der Waals surface area contributed by atoms with Crippen LogP contribution < -0.4 is 19.6 Å². The predicted octanol–water partition coefficient (Wildman–Crippen LogP) is 6.54. The molecule has 3 aromatic carbocycles. The number of halogens is 2. The van der Waals surface area contributed by atoms with Gasteiger partial charge >= 0.3 is 0 Å². The summed E-state index contributed by atoms with van der Waals surface area (Å²) >= 11 is 12.3. The van der Waals surface area contributed by atoms with Crippen molar-refractivity contribution < 1.29 is 19.0 Å². The van der Waals surface area contributed by atoms with E-state index >= 15 is 0 Å². The number of rotatable bonds is 10. The number of carbonyl (C=O) groups is 1. The number of benzene rings is 3. The fourth-order valence-electron chi connectivity index (χ4n) is 3.35. The molecule has 36 heavy (non-hydrogen) atoms. The lowest BCUT2D eigenvalue weighted by molar-refractivity contribution is -0.123. The van der Waals surface area contributed by atoms with Gasteiger partial charge in [-0.3, -0.25) is 4.79 Å². The van der Waals surface area contributed by atoms with Gasteiger partial charge in [0.1, 0.15) is 12.4 Å². The highest BCUT2D eigenvalue weighted by Crippen LogP contribution is 2.45. The molecular formula is C26H24ClIN2O4S2. The molecule has 0 atom stereocenters. The van der Waals surface area contributed by atoms with Crippen molar-refractivity contribution >= 4 is 69.8 Å². The van der Waals surface area contributed by atoms with Gasteiger partial charge in [-0.25, -0.2) is 5.43 Å². The maximum Gasteiger partial charge on any atom is 0.277 e. The molecule has 0 spiro atoms. The predicted molar refractivity (Wildman–Crippen MR) is 157 cm³/mol. The molecule has 6 nitrogen and oxygen atoms in total. The Kier molecular flexibility index (Phi) is 10.1. The molecule has 1 heterocycles. The van der Waals surface area contributed by atoms with Crippen molar-refractivity contribution in [1.82, 2.24) is 5.43 Å². The van der Waals surface area contributed by atoms with Crippen molar-refractivity contribution in [2.24, 2.45) is 5.10 Å². The molecule has 1 aliphatic rings. The lowest BCUT2D eigenvalue weighted by Gasteiger charge is -2.14. The minimum absolute atomic E-state index is 0.126. The van der Waals surface area contributed by atoms with E-state index in [1.54, 1.807) is 19.4 Å². The van der Waals surface area contributed by atoms with Gasteiger partial charge in [0.05, 0.1) is 21.5 Å². The van der Waals surface area contributed by atoms with Crippen molar-refractivity contribution in [1.29, 1.82) is 0 Å². The van der Waals surface area contributed by atoms with Crippen molar-refractivity contribution in [2.75, 3.05) is 25.2 Å². The molecule has 1 amide bonds. The second kappa shape index (κ2) is 13.5. The Balaban J connectivity index is 1.29. The summed E-state index contributed by atoms with van der Waals surface area (Å²) in [7, 11) is 1.58. The fraction of sp³-hybridized carbons (Fsp3) is 0.231. The number of methoxy groups -OCH3 is 1. The average molecular weight is 655 g/mol. The number of amides is 1. The molecule has 4 rings (SSSR count). The summed E-state index contributed by atoms with van der Waals surface area (Å²) in [5.74, 6) is 3.84. The Morgan fingerprint density at radius 2 is 1.89 bits per heavy atom.